The van der Waals surface area contributed by atoms with Gasteiger partial charge in [-0.2, -0.15) is 0 Å². The van der Waals surface area contributed by atoms with E-state index in [1.165, 1.54) is 12.8 Å². The lowest BCUT2D eigenvalue weighted by Gasteiger charge is -2.08. The van der Waals surface area contributed by atoms with Crippen LogP contribution in [-0.4, -0.2) is 19.3 Å². The molecule has 0 radical (unpaired) electrons. The molecule has 1 aliphatic rings. The van der Waals surface area contributed by atoms with Crippen LogP contribution < -0.4 is 10.6 Å². The summed E-state index contributed by atoms with van der Waals surface area (Å²) in [5.41, 5.74) is 0.489. The fourth-order valence-electron chi connectivity index (χ4n) is 0.666. The Kier molecular flexibility index (Phi) is 4.65. The summed E-state index contributed by atoms with van der Waals surface area (Å²) < 4.78 is 0. The molecule has 2 heteroatoms. The quantitative estimate of drug-likeness (QED) is 0.584. The molecule has 0 aromatic rings. The van der Waals surface area contributed by atoms with Gasteiger partial charge in [-0.1, -0.05) is 13.8 Å². The van der Waals surface area contributed by atoms with Gasteiger partial charge in [0, 0.05) is 12.2 Å². The molecule has 0 spiro atoms. The average molecular weight is 144 g/mol. The van der Waals surface area contributed by atoms with Crippen molar-refractivity contribution in [2.45, 2.75) is 39.2 Å². The van der Waals surface area contributed by atoms with E-state index in [1.807, 2.05) is 20.9 Å². The second-order valence-electron chi connectivity index (χ2n) is 2.77. The van der Waals surface area contributed by atoms with Gasteiger partial charge in [0.2, 0.25) is 0 Å². The van der Waals surface area contributed by atoms with Gasteiger partial charge in [0.05, 0.1) is 0 Å². The first kappa shape index (κ1) is 9.92. The minimum absolute atomic E-state index is 0.489. The molecule has 0 saturated heterocycles. The third-order valence-corrected chi connectivity index (χ3v) is 1.69. The van der Waals surface area contributed by atoms with Crippen molar-refractivity contribution < 1.29 is 0 Å². The van der Waals surface area contributed by atoms with Gasteiger partial charge in [0.25, 0.3) is 0 Å². The van der Waals surface area contributed by atoms with Gasteiger partial charge in [-0.25, -0.2) is 0 Å². The first-order valence-electron chi connectivity index (χ1n) is 4.16. The Morgan fingerprint density at radius 1 is 1.30 bits per heavy atom. The second kappa shape index (κ2) is 4.69. The molecule has 62 valence electrons. The molecule has 0 amide bonds. The van der Waals surface area contributed by atoms with E-state index >= 15 is 0 Å². The molecular formula is C8H20N2. The molecule has 0 heterocycles. The maximum Gasteiger partial charge on any atom is 0.0455 e. The van der Waals surface area contributed by atoms with Crippen LogP contribution >= 0.6 is 0 Å². The van der Waals surface area contributed by atoms with Gasteiger partial charge in [-0.3, -0.25) is 5.32 Å². The van der Waals surface area contributed by atoms with Gasteiger partial charge in [-0.15, -0.1) is 0 Å². The van der Waals surface area contributed by atoms with Gasteiger partial charge in [0.1, 0.15) is 0 Å². The lowest BCUT2D eigenvalue weighted by atomic mass is 10.3. The highest BCUT2D eigenvalue weighted by atomic mass is 15.1. The van der Waals surface area contributed by atoms with Crippen LogP contribution in [-0.2, 0) is 0 Å². The molecule has 2 nitrogen and oxygen atoms in total. The Labute approximate surface area is 64.4 Å². The number of nitrogens with one attached hydrogen (secondary N) is 2. The third-order valence-electron chi connectivity index (χ3n) is 1.69. The third kappa shape index (κ3) is 3.85. The number of hydrogen-bond acceptors (Lipinski definition) is 2. The number of hydrogen-bond donors (Lipinski definition) is 2. The molecule has 0 aliphatic heterocycles. The minimum Gasteiger partial charge on any atom is -0.308 e. The average Bonchev–Trinajstić information content (AvgIpc) is 2.70. The van der Waals surface area contributed by atoms with Crippen LogP contribution in [0.5, 0.6) is 0 Å². The molecule has 0 aromatic carbocycles. The largest absolute Gasteiger partial charge is 0.308 e. The highest BCUT2D eigenvalue weighted by molar-refractivity contribution is 4.96. The first-order chi connectivity index (χ1) is 4.77. The van der Waals surface area contributed by atoms with Crippen molar-refractivity contribution in [1.29, 1.82) is 0 Å². The van der Waals surface area contributed by atoms with E-state index in [0.717, 1.165) is 6.67 Å². The summed E-state index contributed by atoms with van der Waals surface area (Å²) in [6.45, 7) is 7.20. The maximum atomic E-state index is 3.37. The summed E-state index contributed by atoms with van der Waals surface area (Å²) in [5, 5.41) is 6.42. The van der Waals surface area contributed by atoms with E-state index in [0.29, 0.717) is 5.54 Å². The zero-order valence-corrected chi connectivity index (χ0v) is 7.62. The summed E-state index contributed by atoms with van der Waals surface area (Å²) in [6, 6.07) is 0. The van der Waals surface area contributed by atoms with Gasteiger partial charge in [0.15, 0.2) is 0 Å². The summed E-state index contributed by atoms with van der Waals surface area (Å²) in [4.78, 5) is 0. The Bertz CT molecular complexity index is 77.3. The molecule has 0 bridgehead atoms. The SMILES string of the molecule is CC.CNCNC1(C)CC1. The predicted molar refractivity (Wildman–Crippen MR) is 46.0 cm³/mol. The smallest absolute Gasteiger partial charge is 0.0455 e. The van der Waals surface area contributed by atoms with Crippen molar-refractivity contribution in [2.24, 2.45) is 0 Å². The second-order valence-corrected chi connectivity index (χ2v) is 2.77. The van der Waals surface area contributed by atoms with Crippen molar-refractivity contribution in [3.63, 3.8) is 0 Å². The van der Waals surface area contributed by atoms with Gasteiger partial charge >= 0.3 is 0 Å². The molecule has 2 N–H and O–H groups in total. The van der Waals surface area contributed by atoms with Crippen molar-refractivity contribution in [1.82, 2.24) is 10.6 Å². The van der Waals surface area contributed by atoms with Crippen LogP contribution in [0.15, 0.2) is 0 Å². The van der Waals surface area contributed by atoms with Crippen molar-refractivity contribution in [3.05, 3.63) is 0 Å². The molecular weight excluding hydrogens is 124 g/mol. The highest BCUT2D eigenvalue weighted by Crippen LogP contribution is 2.33. The standard InChI is InChI=1S/C6H14N2.C2H6/c1-6(3-4-6)8-5-7-2;1-2/h7-8H,3-5H2,1-2H3;1-2H3. The van der Waals surface area contributed by atoms with Crippen LogP contribution in [0.2, 0.25) is 0 Å². The van der Waals surface area contributed by atoms with Crippen LogP contribution in [0.1, 0.15) is 33.6 Å². The monoisotopic (exact) mass is 144 g/mol. The maximum absolute atomic E-state index is 3.37. The molecule has 0 atom stereocenters. The fourth-order valence-corrected chi connectivity index (χ4v) is 0.666. The highest BCUT2D eigenvalue weighted by Gasteiger charge is 2.35. The lowest BCUT2D eigenvalue weighted by Crippen LogP contribution is -2.34. The van der Waals surface area contributed by atoms with Gasteiger partial charge < -0.3 is 5.32 Å². The van der Waals surface area contributed by atoms with Crippen LogP contribution in [0.25, 0.3) is 0 Å². The minimum atomic E-state index is 0.489. The van der Waals surface area contributed by atoms with E-state index < -0.39 is 0 Å². The molecule has 10 heavy (non-hydrogen) atoms. The van der Waals surface area contributed by atoms with E-state index in [1.54, 1.807) is 0 Å². The Balaban J connectivity index is 0.000000371. The van der Waals surface area contributed by atoms with E-state index in [2.05, 4.69) is 17.6 Å². The summed E-state index contributed by atoms with van der Waals surface area (Å²) >= 11 is 0. The van der Waals surface area contributed by atoms with Crippen molar-refractivity contribution >= 4 is 0 Å². The predicted octanol–water partition coefficient (Wildman–Crippen LogP) is 1.33. The van der Waals surface area contributed by atoms with Gasteiger partial charge in [-0.05, 0) is 26.8 Å². The molecule has 1 aliphatic carbocycles. The molecule has 1 saturated carbocycles. The Hall–Kier alpha value is -0.0800. The molecule has 0 unspecified atom stereocenters. The van der Waals surface area contributed by atoms with E-state index in [-0.39, 0.29) is 0 Å². The number of rotatable bonds is 3. The normalized spacial score (nSPS) is 19.2. The van der Waals surface area contributed by atoms with Crippen molar-refractivity contribution in [2.75, 3.05) is 13.7 Å². The van der Waals surface area contributed by atoms with E-state index in [4.69, 9.17) is 0 Å². The van der Waals surface area contributed by atoms with E-state index in [9.17, 15) is 0 Å². The molecule has 1 fully saturated rings. The molecule has 1 rings (SSSR count). The fraction of sp³-hybridized carbons (Fsp3) is 1.00. The van der Waals surface area contributed by atoms with Crippen molar-refractivity contribution in [3.8, 4) is 0 Å². The zero-order valence-electron chi connectivity index (χ0n) is 7.62. The Morgan fingerprint density at radius 3 is 2.10 bits per heavy atom. The summed E-state index contributed by atoms with van der Waals surface area (Å²) in [7, 11) is 1.96. The van der Waals surface area contributed by atoms with Crippen LogP contribution in [0.3, 0.4) is 0 Å². The van der Waals surface area contributed by atoms with Crippen LogP contribution in [0, 0.1) is 0 Å². The summed E-state index contributed by atoms with van der Waals surface area (Å²) in [6.07, 6.45) is 2.68. The molecule has 0 aromatic heterocycles. The first-order valence-corrected chi connectivity index (χ1v) is 4.16. The zero-order chi connectivity index (χ0) is 8.04. The Morgan fingerprint density at radius 2 is 1.80 bits per heavy atom. The topological polar surface area (TPSA) is 24.1 Å². The lowest BCUT2D eigenvalue weighted by molar-refractivity contribution is 0.514. The summed E-state index contributed by atoms with van der Waals surface area (Å²) in [5.74, 6) is 0. The van der Waals surface area contributed by atoms with Crippen LogP contribution in [0.4, 0.5) is 0 Å².